The summed E-state index contributed by atoms with van der Waals surface area (Å²) in [6, 6.07) is 6.13. The first-order valence-electron chi connectivity index (χ1n) is 5.19. The van der Waals surface area contributed by atoms with Gasteiger partial charge in [0.05, 0.1) is 0 Å². The highest BCUT2D eigenvalue weighted by molar-refractivity contribution is 5.44. The van der Waals surface area contributed by atoms with Crippen LogP contribution in [0.25, 0.3) is 0 Å². The van der Waals surface area contributed by atoms with Gasteiger partial charge >= 0.3 is 0 Å². The number of nitrogens with one attached hydrogen (secondary N) is 2. The smallest absolute Gasteiger partial charge is 0.129 e. The molecule has 2 rings (SSSR count). The molecule has 0 saturated heterocycles. The number of aryl methyl sites for hydroxylation is 1. The minimum atomic E-state index is 0.813. The van der Waals surface area contributed by atoms with Gasteiger partial charge in [0.1, 0.15) is 5.82 Å². The molecular formula is C12H15N3. The highest BCUT2D eigenvalue weighted by atomic mass is 15.0. The van der Waals surface area contributed by atoms with Crippen molar-refractivity contribution in [1.82, 2.24) is 9.97 Å². The van der Waals surface area contributed by atoms with Crippen molar-refractivity contribution in [1.29, 1.82) is 0 Å². The van der Waals surface area contributed by atoms with Gasteiger partial charge in [-0.3, -0.25) is 0 Å². The maximum atomic E-state index is 4.33. The van der Waals surface area contributed by atoms with Crippen LogP contribution in [0.15, 0.2) is 36.8 Å². The summed E-state index contributed by atoms with van der Waals surface area (Å²) >= 11 is 0. The molecule has 0 aromatic carbocycles. The standard InChI is InChI=1S/C12H15N3/c1-2-11-4-3-6-14-12(11)15-9-10-5-7-13-8-10/h3-8,13H,2,9H2,1H3,(H,14,15). The van der Waals surface area contributed by atoms with E-state index in [1.807, 2.05) is 24.7 Å². The molecule has 2 N–H and O–H groups in total. The van der Waals surface area contributed by atoms with E-state index in [1.165, 1.54) is 11.1 Å². The van der Waals surface area contributed by atoms with Crippen molar-refractivity contribution in [3.05, 3.63) is 47.9 Å². The summed E-state index contributed by atoms with van der Waals surface area (Å²) in [6.45, 7) is 2.95. The van der Waals surface area contributed by atoms with Crippen molar-refractivity contribution in [2.75, 3.05) is 5.32 Å². The summed E-state index contributed by atoms with van der Waals surface area (Å²) in [5.74, 6) is 0.987. The average molecular weight is 201 g/mol. The van der Waals surface area contributed by atoms with Crippen LogP contribution in [0.5, 0.6) is 0 Å². The van der Waals surface area contributed by atoms with Gasteiger partial charge in [0.25, 0.3) is 0 Å². The average Bonchev–Trinajstić information content (AvgIpc) is 2.79. The van der Waals surface area contributed by atoms with Crippen LogP contribution in [-0.4, -0.2) is 9.97 Å². The van der Waals surface area contributed by atoms with E-state index in [0.29, 0.717) is 0 Å². The predicted octanol–water partition coefficient (Wildman–Crippen LogP) is 2.58. The SMILES string of the molecule is CCc1cccnc1NCc1cc[nH]c1. The number of anilines is 1. The van der Waals surface area contributed by atoms with Crippen molar-refractivity contribution < 1.29 is 0 Å². The second-order valence-electron chi connectivity index (χ2n) is 3.44. The van der Waals surface area contributed by atoms with Gasteiger partial charge in [-0.1, -0.05) is 13.0 Å². The number of nitrogens with zero attached hydrogens (tertiary/aromatic N) is 1. The van der Waals surface area contributed by atoms with E-state index in [1.54, 1.807) is 0 Å². The molecule has 3 heteroatoms. The van der Waals surface area contributed by atoms with Gasteiger partial charge in [-0.05, 0) is 29.7 Å². The number of hydrogen-bond donors (Lipinski definition) is 2. The van der Waals surface area contributed by atoms with Gasteiger partial charge in [0.2, 0.25) is 0 Å². The number of pyridine rings is 1. The molecule has 0 bridgehead atoms. The van der Waals surface area contributed by atoms with E-state index < -0.39 is 0 Å². The molecule has 2 heterocycles. The molecule has 78 valence electrons. The third-order valence-corrected chi connectivity index (χ3v) is 2.39. The molecule has 2 aromatic rings. The molecule has 0 aliphatic heterocycles. The molecule has 0 aliphatic rings. The second kappa shape index (κ2) is 4.64. The Labute approximate surface area is 89.6 Å². The molecule has 0 radical (unpaired) electrons. The van der Waals surface area contributed by atoms with Gasteiger partial charge in [-0.2, -0.15) is 0 Å². The van der Waals surface area contributed by atoms with Crippen molar-refractivity contribution in [2.45, 2.75) is 19.9 Å². The van der Waals surface area contributed by atoms with Gasteiger partial charge < -0.3 is 10.3 Å². The normalized spacial score (nSPS) is 10.2. The Morgan fingerprint density at radius 2 is 2.33 bits per heavy atom. The zero-order chi connectivity index (χ0) is 10.5. The zero-order valence-electron chi connectivity index (χ0n) is 8.83. The number of aromatic amines is 1. The zero-order valence-corrected chi connectivity index (χ0v) is 8.83. The Morgan fingerprint density at radius 3 is 3.07 bits per heavy atom. The summed E-state index contributed by atoms with van der Waals surface area (Å²) in [6.07, 6.45) is 6.74. The van der Waals surface area contributed by atoms with Crippen molar-refractivity contribution >= 4 is 5.82 Å². The molecule has 0 aliphatic carbocycles. The van der Waals surface area contributed by atoms with Crippen molar-refractivity contribution in [2.24, 2.45) is 0 Å². The molecular weight excluding hydrogens is 186 g/mol. The summed E-state index contributed by atoms with van der Waals surface area (Å²) in [5.41, 5.74) is 2.50. The third kappa shape index (κ3) is 2.37. The molecule has 0 atom stereocenters. The summed E-state index contributed by atoms with van der Waals surface area (Å²) in [4.78, 5) is 7.36. The van der Waals surface area contributed by atoms with Gasteiger partial charge in [-0.15, -0.1) is 0 Å². The first-order chi connectivity index (χ1) is 7.40. The monoisotopic (exact) mass is 201 g/mol. The number of H-pyrrole nitrogens is 1. The second-order valence-corrected chi connectivity index (χ2v) is 3.44. The van der Waals surface area contributed by atoms with Crippen LogP contribution in [0, 0.1) is 0 Å². The Hall–Kier alpha value is -1.77. The van der Waals surface area contributed by atoms with E-state index in [0.717, 1.165) is 18.8 Å². The maximum Gasteiger partial charge on any atom is 0.129 e. The van der Waals surface area contributed by atoms with Gasteiger partial charge in [0, 0.05) is 25.1 Å². The summed E-state index contributed by atoms with van der Waals surface area (Å²) in [5, 5.41) is 3.34. The summed E-state index contributed by atoms with van der Waals surface area (Å²) in [7, 11) is 0. The molecule has 0 unspecified atom stereocenters. The van der Waals surface area contributed by atoms with E-state index >= 15 is 0 Å². The fourth-order valence-corrected chi connectivity index (χ4v) is 1.54. The highest BCUT2D eigenvalue weighted by Gasteiger charge is 2.00. The first-order valence-corrected chi connectivity index (χ1v) is 5.19. The molecule has 0 saturated carbocycles. The quantitative estimate of drug-likeness (QED) is 0.798. The molecule has 0 spiro atoms. The highest BCUT2D eigenvalue weighted by Crippen LogP contribution is 2.12. The largest absolute Gasteiger partial charge is 0.367 e. The summed E-state index contributed by atoms with van der Waals surface area (Å²) < 4.78 is 0. The molecule has 15 heavy (non-hydrogen) atoms. The van der Waals surface area contributed by atoms with E-state index in [4.69, 9.17) is 0 Å². The van der Waals surface area contributed by atoms with Crippen molar-refractivity contribution in [3.8, 4) is 0 Å². The number of hydrogen-bond acceptors (Lipinski definition) is 2. The van der Waals surface area contributed by atoms with Gasteiger partial charge in [-0.25, -0.2) is 4.98 Å². The minimum Gasteiger partial charge on any atom is -0.367 e. The van der Waals surface area contributed by atoms with Gasteiger partial charge in [0.15, 0.2) is 0 Å². The Kier molecular flexibility index (Phi) is 3.02. The Bertz CT molecular complexity index is 407. The molecule has 0 fully saturated rings. The van der Waals surface area contributed by atoms with Crippen LogP contribution >= 0.6 is 0 Å². The van der Waals surface area contributed by atoms with E-state index in [-0.39, 0.29) is 0 Å². The topological polar surface area (TPSA) is 40.7 Å². The van der Waals surface area contributed by atoms with Crippen LogP contribution in [0.2, 0.25) is 0 Å². The number of rotatable bonds is 4. The fraction of sp³-hybridized carbons (Fsp3) is 0.250. The van der Waals surface area contributed by atoms with E-state index in [9.17, 15) is 0 Å². The molecule has 3 nitrogen and oxygen atoms in total. The maximum absolute atomic E-state index is 4.33. The first kappa shape index (κ1) is 9.77. The van der Waals surface area contributed by atoms with Crippen LogP contribution in [-0.2, 0) is 13.0 Å². The minimum absolute atomic E-state index is 0.813. The number of aromatic nitrogens is 2. The van der Waals surface area contributed by atoms with Crippen LogP contribution in [0.3, 0.4) is 0 Å². The van der Waals surface area contributed by atoms with Crippen LogP contribution in [0.1, 0.15) is 18.1 Å². The Morgan fingerprint density at radius 1 is 1.40 bits per heavy atom. The molecule has 0 amide bonds. The molecule has 2 aromatic heterocycles. The lowest BCUT2D eigenvalue weighted by atomic mass is 10.2. The predicted molar refractivity (Wildman–Crippen MR) is 61.7 cm³/mol. The lowest BCUT2D eigenvalue weighted by molar-refractivity contribution is 1.05. The fourth-order valence-electron chi connectivity index (χ4n) is 1.54. The van der Waals surface area contributed by atoms with Crippen molar-refractivity contribution in [3.63, 3.8) is 0 Å². The van der Waals surface area contributed by atoms with E-state index in [2.05, 4.69) is 34.3 Å². The van der Waals surface area contributed by atoms with Crippen LogP contribution < -0.4 is 5.32 Å². The Balaban J connectivity index is 2.04. The van der Waals surface area contributed by atoms with Crippen LogP contribution in [0.4, 0.5) is 5.82 Å². The lowest BCUT2D eigenvalue weighted by Gasteiger charge is -2.08. The third-order valence-electron chi connectivity index (χ3n) is 2.39. The lowest BCUT2D eigenvalue weighted by Crippen LogP contribution is -2.03.